The lowest BCUT2D eigenvalue weighted by molar-refractivity contribution is 0.0740. The summed E-state index contributed by atoms with van der Waals surface area (Å²) in [6, 6.07) is 15.8. The van der Waals surface area contributed by atoms with Crippen molar-refractivity contribution in [3.05, 3.63) is 66.7 Å². The summed E-state index contributed by atoms with van der Waals surface area (Å²) in [4.78, 5) is 29.4. The molecule has 0 saturated carbocycles. The summed E-state index contributed by atoms with van der Waals surface area (Å²) in [7, 11) is 3.96. The summed E-state index contributed by atoms with van der Waals surface area (Å²) in [6.07, 6.45) is 3.13. The number of piperazine rings is 1. The lowest BCUT2D eigenvalue weighted by atomic mass is 10.1. The van der Waals surface area contributed by atoms with Crippen molar-refractivity contribution in [1.29, 1.82) is 0 Å². The second-order valence-electron chi connectivity index (χ2n) is 7.93. The number of benzene rings is 2. The number of aromatic nitrogens is 5. The molecule has 0 N–H and O–H groups in total. The van der Waals surface area contributed by atoms with Crippen LogP contribution in [0, 0.1) is 0 Å². The fourth-order valence-electron chi connectivity index (χ4n) is 3.96. The number of para-hydroxylation sites is 1. The molecule has 2 aromatic heterocycles. The first-order valence-electron chi connectivity index (χ1n) is 10.5. The van der Waals surface area contributed by atoms with E-state index in [0.29, 0.717) is 18.8 Å². The van der Waals surface area contributed by atoms with Gasteiger partial charge in [0.15, 0.2) is 5.69 Å². The minimum atomic E-state index is -0.0892. The van der Waals surface area contributed by atoms with E-state index in [1.165, 1.54) is 11.0 Å². The zero-order chi connectivity index (χ0) is 22.1. The fourth-order valence-corrected chi connectivity index (χ4v) is 3.96. The van der Waals surface area contributed by atoms with Crippen LogP contribution in [0.3, 0.4) is 0 Å². The van der Waals surface area contributed by atoms with Crippen molar-refractivity contribution in [3.8, 4) is 5.69 Å². The standard InChI is InChI=1S/C23H24N8O/c1-28(2)22-19-14-18(8-9-20(19)24-16-25-22)29-10-12-30(13-11-29)23(32)21-15-26-31(27-21)17-6-4-3-5-7-17/h3-9,14-16H,10-13H2,1-2H3. The lowest BCUT2D eigenvalue weighted by Gasteiger charge is -2.36. The molecule has 0 aliphatic carbocycles. The molecule has 1 fully saturated rings. The van der Waals surface area contributed by atoms with Crippen LogP contribution in [0.2, 0.25) is 0 Å². The second kappa shape index (κ2) is 8.26. The zero-order valence-electron chi connectivity index (χ0n) is 18.1. The van der Waals surface area contributed by atoms with E-state index in [1.54, 1.807) is 6.33 Å². The van der Waals surface area contributed by atoms with Gasteiger partial charge in [-0.2, -0.15) is 9.90 Å². The largest absolute Gasteiger partial charge is 0.368 e. The van der Waals surface area contributed by atoms with Crippen molar-refractivity contribution in [2.24, 2.45) is 0 Å². The van der Waals surface area contributed by atoms with Crippen molar-refractivity contribution in [1.82, 2.24) is 29.9 Å². The molecule has 5 rings (SSSR count). The molecule has 1 amide bonds. The van der Waals surface area contributed by atoms with Gasteiger partial charge in [0, 0.05) is 51.3 Å². The van der Waals surface area contributed by atoms with Crippen LogP contribution in [0.25, 0.3) is 16.6 Å². The Morgan fingerprint density at radius 3 is 2.47 bits per heavy atom. The smallest absolute Gasteiger partial charge is 0.276 e. The Morgan fingerprint density at radius 2 is 1.72 bits per heavy atom. The van der Waals surface area contributed by atoms with Crippen LogP contribution >= 0.6 is 0 Å². The predicted molar refractivity (Wildman–Crippen MR) is 123 cm³/mol. The minimum absolute atomic E-state index is 0.0892. The topological polar surface area (TPSA) is 83.3 Å². The van der Waals surface area contributed by atoms with Gasteiger partial charge in [0.2, 0.25) is 0 Å². The third-order valence-corrected chi connectivity index (χ3v) is 5.65. The fraction of sp³-hybridized carbons (Fsp3) is 0.261. The van der Waals surface area contributed by atoms with Crippen molar-refractivity contribution in [3.63, 3.8) is 0 Å². The third kappa shape index (κ3) is 3.73. The number of amides is 1. The molecule has 162 valence electrons. The van der Waals surface area contributed by atoms with E-state index >= 15 is 0 Å². The highest BCUT2D eigenvalue weighted by atomic mass is 16.2. The molecule has 32 heavy (non-hydrogen) atoms. The molecule has 1 aliphatic heterocycles. The van der Waals surface area contributed by atoms with Gasteiger partial charge in [-0.15, -0.1) is 5.10 Å². The number of nitrogens with zero attached hydrogens (tertiary/aromatic N) is 8. The molecule has 1 aliphatic rings. The van der Waals surface area contributed by atoms with Crippen molar-refractivity contribution < 1.29 is 4.79 Å². The van der Waals surface area contributed by atoms with Gasteiger partial charge in [0.05, 0.1) is 17.4 Å². The molecule has 0 unspecified atom stereocenters. The highest BCUT2D eigenvalue weighted by Gasteiger charge is 2.25. The highest BCUT2D eigenvalue weighted by Crippen LogP contribution is 2.27. The molecular weight excluding hydrogens is 404 g/mol. The van der Waals surface area contributed by atoms with E-state index in [1.807, 2.05) is 60.3 Å². The number of hydrogen-bond acceptors (Lipinski definition) is 7. The minimum Gasteiger partial charge on any atom is -0.368 e. The number of rotatable bonds is 4. The molecule has 0 bridgehead atoms. The van der Waals surface area contributed by atoms with E-state index in [0.717, 1.165) is 41.2 Å². The SMILES string of the molecule is CN(C)c1ncnc2ccc(N3CCN(C(=O)c4cnn(-c5ccccc5)n4)CC3)cc12. The Bertz CT molecular complexity index is 1250. The van der Waals surface area contributed by atoms with Crippen LogP contribution in [-0.2, 0) is 0 Å². The van der Waals surface area contributed by atoms with Gasteiger partial charge in [0.1, 0.15) is 12.1 Å². The van der Waals surface area contributed by atoms with Crippen LogP contribution in [0.4, 0.5) is 11.5 Å². The third-order valence-electron chi connectivity index (χ3n) is 5.65. The number of anilines is 2. The van der Waals surface area contributed by atoms with Gasteiger partial charge in [-0.25, -0.2) is 9.97 Å². The second-order valence-corrected chi connectivity index (χ2v) is 7.93. The van der Waals surface area contributed by atoms with Crippen LogP contribution in [-0.4, -0.2) is 76.0 Å². The molecule has 0 atom stereocenters. The first kappa shape index (κ1) is 19.9. The van der Waals surface area contributed by atoms with Crippen molar-refractivity contribution >= 4 is 28.3 Å². The zero-order valence-corrected chi connectivity index (χ0v) is 18.1. The molecule has 2 aromatic carbocycles. The maximum Gasteiger partial charge on any atom is 0.276 e. The molecule has 9 heteroatoms. The molecular formula is C23H24N8O. The summed E-state index contributed by atoms with van der Waals surface area (Å²) < 4.78 is 0. The molecule has 0 spiro atoms. The first-order valence-corrected chi connectivity index (χ1v) is 10.5. The monoisotopic (exact) mass is 428 g/mol. The molecule has 0 radical (unpaired) electrons. The molecule has 3 heterocycles. The average Bonchev–Trinajstić information content (AvgIpc) is 3.34. The van der Waals surface area contributed by atoms with Crippen LogP contribution in [0.5, 0.6) is 0 Å². The van der Waals surface area contributed by atoms with E-state index < -0.39 is 0 Å². The summed E-state index contributed by atoms with van der Waals surface area (Å²) >= 11 is 0. The van der Waals surface area contributed by atoms with Gasteiger partial charge in [-0.05, 0) is 30.3 Å². The van der Waals surface area contributed by atoms with Gasteiger partial charge in [-0.1, -0.05) is 18.2 Å². The summed E-state index contributed by atoms with van der Waals surface area (Å²) in [5.41, 5.74) is 3.22. The lowest BCUT2D eigenvalue weighted by Crippen LogP contribution is -2.48. The van der Waals surface area contributed by atoms with E-state index in [-0.39, 0.29) is 5.91 Å². The van der Waals surface area contributed by atoms with Gasteiger partial charge in [-0.3, -0.25) is 4.79 Å². The summed E-state index contributed by atoms with van der Waals surface area (Å²) in [6.45, 7) is 2.74. The number of carbonyl (C=O) groups excluding carboxylic acids is 1. The van der Waals surface area contributed by atoms with Crippen molar-refractivity contribution in [2.45, 2.75) is 0 Å². The van der Waals surface area contributed by atoms with Gasteiger partial charge in [0.25, 0.3) is 5.91 Å². The first-order chi connectivity index (χ1) is 15.6. The van der Waals surface area contributed by atoms with Gasteiger partial charge < -0.3 is 14.7 Å². The van der Waals surface area contributed by atoms with E-state index in [9.17, 15) is 4.79 Å². The molecule has 1 saturated heterocycles. The van der Waals surface area contributed by atoms with Crippen LogP contribution < -0.4 is 9.80 Å². The Labute approximate surface area is 185 Å². The van der Waals surface area contributed by atoms with Crippen molar-refractivity contribution in [2.75, 3.05) is 50.1 Å². The predicted octanol–water partition coefficient (Wildman–Crippen LogP) is 2.24. The Kier molecular flexibility index (Phi) is 5.14. The molecule has 4 aromatic rings. The van der Waals surface area contributed by atoms with Gasteiger partial charge >= 0.3 is 0 Å². The summed E-state index contributed by atoms with van der Waals surface area (Å²) in [5.74, 6) is 0.806. The highest BCUT2D eigenvalue weighted by molar-refractivity contribution is 5.93. The van der Waals surface area contributed by atoms with E-state index in [4.69, 9.17) is 0 Å². The normalized spacial score (nSPS) is 14.1. The number of fused-ring (bicyclic) bond motifs is 1. The van der Waals surface area contributed by atoms with Crippen LogP contribution in [0.1, 0.15) is 10.5 Å². The Morgan fingerprint density at radius 1 is 0.938 bits per heavy atom. The molecule has 9 nitrogen and oxygen atoms in total. The van der Waals surface area contributed by atoms with E-state index in [2.05, 4.69) is 37.2 Å². The quantitative estimate of drug-likeness (QED) is 0.493. The number of carbonyl (C=O) groups is 1. The average molecular weight is 429 g/mol. The van der Waals surface area contributed by atoms with Crippen LogP contribution in [0.15, 0.2) is 61.1 Å². The maximum absolute atomic E-state index is 13.0. The Balaban J connectivity index is 1.29. The summed E-state index contributed by atoms with van der Waals surface area (Å²) in [5, 5.41) is 9.64. The maximum atomic E-state index is 13.0. The number of hydrogen-bond donors (Lipinski definition) is 0. The Hall–Kier alpha value is -4.01.